The normalized spacial score (nSPS) is 19.2. The highest BCUT2D eigenvalue weighted by molar-refractivity contribution is 6.02. The van der Waals surface area contributed by atoms with E-state index < -0.39 is 0 Å². The van der Waals surface area contributed by atoms with Gasteiger partial charge in [-0.15, -0.1) is 0 Å². The summed E-state index contributed by atoms with van der Waals surface area (Å²) in [7, 11) is 2.02. The molecule has 0 aliphatic carbocycles. The molecule has 0 bridgehead atoms. The minimum absolute atomic E-state index is 0.0715. The van der Waals surface area contributed by atoms with E-state index in [4.69, 9.17) is 0 Å². The van der Waals surface area contributed by atoms with Crippen molar-refractivity contribution in [2.45, 2.75) is 12.6 Å². The number of phenols is 1. The Morgan fingerprint density at radius 1 is 1.17 bits per heavy atom. The van der Waals surface area contributed by atoms with Gasteiger partial charge in [0.05, 0.1) is 16.9 Å². The third-order valence-electron chi connectivity index (χ3n) is 5.24. The van der Waals surface area contributed by atoms with Crippen molar-refractivity contribution in [3.63, 3.8) is 0 Å². The van der Waals surface area contributed by atoms with Gasteiger partial charge in [0.15, 0.2) is 0 Å². The smallest absolute Gasteiger partial charge is 0.257 e. The van der Waals surface area contributed by atoms with Crippen molar-refractivity contribution in [3.05, 3.63) is 59.3 Å². The number of carbonyl (C=O) groups excluding carboxylic acids is 1. The van der Waals surface area contributed by atoms with Crippen LogP contribution < -0.4 is 4.90 Å². The Morgan fingerprint density at radius 3 is 2.88 bits per heavy atom. The number of para-hydroxylation sites is 1. The maximum atomic E-state index is 12.9. The van der Waals surface area contributed by atoms with E-state index in [1.807, 2.05) is 48.3 Å². The second-order valence-electron chi connectivity index (χ2n) is 6.47. The summed E-state index contributed by atoms with van der Waals surface area (Å²) in [4.78, 5) is 20.4. The lowest BCUT2D eigenvalue weighted by Crippen LogP contribution is -2.51. The molecule has 1 atom stereocenters. The van der Waals surface area contributed by atoms with Crippen LogP contribution in [0.5, 0.6) is 5.75 Å². The Bertz CT molecular complexity index is 991. The van der Waals surface area contributed by atoms with E-state index in [1.54, 1.807) is 6.07 Å². The fourth-order valence-corrected chi connectivity index (χ4v) is 4.17. The van der Waals surface area contributed by atoms with Crippen LogP contribution in [0.25, 0.3) is 10.9 Å². The first-order chi connectivity index (χ1) is 11.7. The number of carbonyl (C=O) groups is 1. The largest absolute Gasteiger partial charge is 0.507 e. The minimum Gasteiger partial charge on any atom is -0.507 e. The van der Waals surface area contributed by atoms with Gasteiger partial charge in [0.25, 0.3) is 5.91 Å². The summed E-state index contributed by atoms with van der Waals surface area (Å²) in [5.74, 6) is 0.367. The summed E-state index contributed by atoms with van der Waals surface area (Å²) >= 11 is 0. The van der Waals surface area contributed by atoms with Crippen LogP contribution in [0.3, 0.4) is 0 Å². The Labute approximate surface area is 139 Å². The van der Waals surface area contributed by atoms with Gasteiger partial charge >= 0.3 is 0 Å². The second-order valence-corrected chi connectivity index (χ2v) is 6.47. The number of aromatic nitrogens is 1. The molecule has 120 valence electrons. The molecular weight excluding hydrogens is 302 g/mol. The third kappa shape index (κ3) is 1.56. The van der Waals surface area contributed by atoms with Crippen molar-refractivity contribution in [2.24, 2.45) is 0 Å². The van der Waals surface area contributed by atoms with Crippen LogP contribution >= 0.6 is 0 Å². The molecule has 0 saturated carbocycles. The van der Waals surface area contributed by atoms with Gasteiger partial charge in [-0.05, 0) is 36.2 Å². The number of rotatable bonds is 0. The number of H-pyrrole nitrogens is 1. The topological polar surface area (TPSA) is 59.6 Å². The molecule has 1 aromatic heterocycles. The fraction of sp³-hybridized carbons (Fsp3) is 0.211. The molecule has 2 aliphatic heterocycles. The Hall–Kier alpha value is -2.95. The van der Waals surface area contributed by atoms with Crippen LogP contribution in [0.2, 0.25) is 0 Å². The number of hydrogen-bond donors (Lipinski definition) is 2. The maximum Gasteiger partial charge on any atom is 0.257 e. The summed E-state index contributed by atoms with van der Waals surface area (Å²) in [6.45, 7) is 0.649. The van der Waals surface area contributed by atoms with E-state index in [9.17, 15) is 9.90 Å². The van der Waals surface area contributed by atoms with Gasteiger partial charge in [-0.25, -0.2) is 0 Å². The maximum absolute atomic E-state index is 12.9. The van der Waals surface area contributed by atoms with Crippen LogP contribution in [-0.4, -0.2) is 34.5 Å². The van der Waals surface area contributed by atoms with Gasteiger partial charge in [0.2, 0.25) is 0 Å². The molecule has 5 rings (SSSR count). The monoisotopic (exact) mass is 319 g/mol. The molecule has 0 radical (unpaired) electrons. The summed E-state index contributed by atoms with van der Waals surface area (Å²) < 4.78 is 0. The van der Waals surface area contributed by atoms with E-state index in [0.717, 1.165) is 39.8 Å². The molecule has 2 aliphatic rings. The van der Waals surface area contributed by atoms with Crippen molar-refractivity contribution in [1.82, 2.24) is 9.88 Å². The Balaban J connectivity index is 1.76. The van der Waals surface area contributed by atoms with Crippen LogP contribution in [-0.2, 0) is 6.42 Å². The molecule has 0 spiro atoms. The first-order valence-corrected chi connectivity index (χ1v) is 8.12. The molecule has 3 heterocycles. The zero-order valence-corrected chi connectivity index (χ0v) is 13.3. The molecule has 0 fully saturated rings. The van der Waals surface area contributed by atoms with E-state index in [2.05, 4.69) is 9.88 Å². The van der Waals surface area contributed by atoms with Crippen molar-refractivity contribution < 1.29 is 9.90 Å². The van der Waals surface area contributed by atoms with Crippen molar-refractivity contribution in [2.75, 3.05) is 18.5 Å². The molecular formula is C19H17N3O2. The number of hydrogen-bond acceptors (Lipinski definition) is 3. The molecule has 24 heavy (non-hydrogen) atoms. The molecule has 1 amide bonds. The van der Waals surface area contributed by atoms with Gasteiger partial charge in [0.1, 0.15) is 11.9 Å². The van der Waals surface area contributed by atoms with Gasteiger partial charge in [-0.2, -0.15) is 0 Å². The Morgan fingerprint density at radius 2 is 2.00 bits per heavy atom. The highest BCUT2D eigenvalue weighted by Gasteiger charge is 2.41. The number of phenolic OH excluding ortho intramolecular Hbond substituents is 1. The van der Waals surface area contributed by atoms with Gasteiger partial charge in [-0.1, -0.05) is 18.2 Å². The third-order valence-corrected chi connectivity index (χ3v) is 5.24. The molecule has 2 N–H and O–H groups in total. The summed E-state index contributed by atoms with van der Waals surface area (Å²) in [6, 6.07) is 13.3. The minimum atomic E-state index is -0.164. The molecule has 3 aromatic rings. The van der Waals surface area contributed by atoms with Gasteiger partial charge in [0, 0.05) is 24.5 Å². The molecule has 5 nitrogen and oxygen atoms in total. The quantitative estimate of drug-likeness (QED) is 0.669. The van der Waals surface area contributed by atoms with E-state index in [1.165, 1.54) is 0 Å². The summed E-state index contributed by atoms with van der Waals surface area (Å²) in [6.07, 6.45) is 0.577. The lowest BCUT2D eigenvalue weighted by atomic mass is 9.96. The average Bonchev–Trinajstić information content (AvgIpc) is 2.99. The number of fused-ring (bicyclic) bond motifs is 6. The fourth-order valence-electron chi connectivity index (χ4n) is 4.17. The first-order valence-electron chi connectivity index (χ1n) is 8.12. The van der Waals surface area contributed by atoms with E-state index in [-0.39, 0.29) is 12.1 Å². The van der Waals surface area contributed by atoms with Crippen LogP contribution in [0, 0.1) is 0 Å². The Kier molecular flexibility index (Phi) is 2.55. The number of aromatic amines is 1. The van der Waals surface area contributed by atoms with E-state index >= 15 is 0 Å². The lowest BCUT2D eigenvalue weighted by Gasteiger charge is -2.46. The number of amides is 1. The van der Waals surface area contributed by atoms with Crippen molar-refractivity contribution in [1.29, 1.82) is 0 Å². The van der Waals surface area contributed by atoms with Crippen molar-refractivity contribution in [3.8, 4) is 5.75 Å². The predicted octanol–water partition coefficient (Wildman–Crippen LogP) is 3.02. The summed E-state index contributed by atoms with van der Waals surface area (Å²) in [5.41, 5.74) is 4.73. The second kappa shape index (κ2) is 4.54. The zero-order valence-electron chi connectivity index (χ0n) is 13.3. The lowest BCUT2D eigenvalue weighted by molar-refractivity contribution is 0.0634. The molecule has 0 saturated heterocycles. The SMILES string of the molecule is CN1c2ccccc2C(=O)N2CCc3c([nH]c4cccc(O)c34)C21. The van der Waals surface area contributed by atoms with Crippen LogP contribution in [0.4, 0.5) is 5.69 Å². The molecule has 2 aromatic carbocycles. The number of benzene rings is 2. The number of nitrogens with one attached hydrogen (secondary N) is 1. The van der Waals surface area contributed by atoms with Gasteiger partial charge < -0.3 is 19.9 Å². The average molecular weight is 319 g/mol. The predicted molar refractivity (Wildman–Crippen MR) is 92.3 cm³/mol. The highest BCUT2D eigenvalue weighted by Crippen LogP contribution is 2.44. The summed E-state index contributed by atoms with van der Waals surface area (Å²) in [5, 5.41) is 11.2. The number of nitrogens with zero attached hydrogens (tertiary/aromatic N) is 2. The highest BCUT2D eigenvalue weighted by atomic mass is 16.3. The molecule has 5 heteroatoms. The van der Waals surface area contributed by atoms with Crippen molar-refractivity contribution >= 4 is 22.5 Å². The standard InChI is InChI=1S/C19H17N3O2/c1-21-14-7-3-2-5-11(14)19(24)22-10-9-12-16-13(6-4-8-15(16)23)20-17(12)18(21)22/h2-8,18,20,23H,9-10H2,1H3. The van der Waals surface area contributed by atoms with Crippen LogP contribution in [0.15, 0.2) is 42.5 Å². The van der Waals surface area contributed by atoms with E-state index in [0.29, 0.717) is 12.3 Å². The van der Waals surface area contributed by atoms with Crippen LogP contribution in [0.1, 0.15) is 27.8 Å². The van der Waals surface area contributed by atoms with Gasteiger partial charge in [-0.3, -0.25) is 4.79 Å². The number of anilines is 1. The first kappa shape index (κ1) is 13.5. The number of aromatic hydroxyl groups is 1. The zero-order chi connectivity index (χ0) is 16.4. The molecule has 1 unspecified atom stereocenters.